The smallest absolute Gasteiger partial charge is 0.229 e. The van der Waals surface area contributed by atoms with Crippen molar-refractivity contribution in [1.29, 1.82) is 0 Å². The van der Waals surface area contributed by atoms with Crippen LogP contribution in [0.5, 0.6) is 0 Å². The highest BCUT2D eigenvalue weighted by Crippen LogP contribution is 2.09. The standard InChI is InChI=1S/C17H16ClFN2O2/c18-14-7-5-12(6-8-14)10-20-16(22)9-17(23)21-11-13-3-1-2-4-15(13)19/h1-8H,9-11H2,(H,20,22)(H,21,23). The number of hydrogen-bond acceptors (Lipinski definition) is 2. The van der Waals surface area contributed by atoms with Gasteiger partial charge in [0.25, 0.3) is 0 Å². The molecule has 0 atom stereocenters. The van der Waals surface area contributed by atoms with E-state index in [0.29, 0.717) is 17.1 Å². The first-order chi connectivity index (χ1) is 11.0. The first-order valence-electron chi connectivity index (χ1n) is 7.06. The Kier molecular flexibility index (Phi) is 6.11. The van der Waals surface area contributed by atoms with Crippen molar-refractivity contribution in [2.24, 2.45) is 0 Å². The highest BCUT2D eigenvalue weighted by atomic mass is 35.5. The van der Waals surface area contributed by atoms with Crippen LogP contribution in [-0.4, -0.2) is 11.8 Å². The van der Waals surface area contributed by atoms with E-state index in [2.05, 4.69) is 10.6 Å². The summed E-state index contributed by atoms with van der Waals surface area (Å²) in [5, 5.41) is 5.78. The van der Waals surface area contributed by atoms with Crippen molar-refractivity contribution >= 4 is 23.4 Å². The van der Waals surface area contributed by atoms with Gasteiger partial charge in [-0.05, 0) is 23.8 Å². The Labute approximate surface area is 138 Å². The van der Waals surface area contributed by atoms with Crippen molar-refractivity contribution in [2.75, 3.05) is 0 Å². The maximum Gasteiger partial charge on any atom is 0.229 e. The summed E-state index contributed by atoms with van der Waals surface area (Å²) in [6.07, 6.45) is -0.304. The zero-order valence-electron chi connectivity index (χ0n) is 12.3. The molecule has 0 aliphatic carbocycles. The maximum absolute atomic E-state index is 13.4. The number of carbonyl (C=O) groups excluding carboxylic acids is 2. The predicted molar refractivity (Wildman–Crippen MR) is 86.2 cm³/mol. The Balaban J connectivity index is 1.73. The van der Waals surface area contributed by atoms with Crippen LogP contribution in [0.4, 0.5) is 4.39 Å². The van der Waals surface area contributed by atoms with Gasteiger partial charge < -0.3 is 10.6 Å². The molecule has 0 aromatic heterocycles. The number of halogens is 2. The largest absolute Gasteiger partial charge is 0.352 e. The van der Waals surface area contributed by atoms with Gasteiger partial charge in [-0.3, -0.25) is 9.59 Å². The third-order valence-electron chi connectivity index (χ3n) is 3.16. The maximum atomic E-state index is 13.4. The van der Waals surface area contributed by atoms with E-state index in [1.165, 1.54) is 6.07 Å². The number of hydrogen-bond donors (Lipinski definition) is 2. The normalized spacial score (nSPS) is 10.2. The van der Waals surface area contributed by atoms with Crippen molar-refractivity contribution in [2.45, 2.75) is 19.5 Å². The Bertz CT molecular complexity index is 689. The highest BCUT2D eigenvalue weighted by molar-refractivity contribution is 6.30. The van der Waals surface area contributed by atoms with Crippen molar-refractivity contribution < 1.29 is 14.0 Å². The molecule has 0 spiro atoms. The molecule has 0 radical (unpaired) electrons. The fraction of sp³-hybridized carbons (Fsp3) is 0.176. The second kappa shape index (κ2) is 8.29. The third-order valence-corrected chi connectivity index (χ3v) is 3.41. The molecular formula is C17H16ClFN2O2. The minimum Gasteiger partial charge on any atom is -0.352 e. The van der Waals surface area contributed by atoms with Crippen LogP contribution in [-0.2, 0) is 22.7 Å². The molecule has 0 saturated carbocycles. The summed E-state index contributed by atoms with van der Waals surface area (Å²) in [4.78, 5) is 23.4. The molecule has 2 aromatic carbocycles. The van der Waals surface area contributed by atoms with E-state index in [1.807, 2.05) is 0 Å². The van der Waals surface area contributed by atoms with Crippen molar-refractivity contribution in [1.82, 2.24) is 10.6 Å². The highest BCUT2D eigenvalue weighted by Gasteiger charge is 2.10. The lowest BCUT2D eigenvalue weighted by Gasteiger charge is -2.07. The van der Waals surface area contributed by atoms with Gasteiger partial charge in [0.05, 0.1) is 0 Å². The third kappa shape index (κ3) is 5.71. The number of benzene rings is 2. The molecule has 0 unspecified atom stereocenters. The summed E-state index contributed by atoms with van der Waals surface area (Å²) in [7, 11) is 0. The average molecular weight is 335 g/mol. The van der Waals surface area contributed by atoms with Crippen LogP contribution in [0.3, 0.4) is 0 Å². The van der Waals surface area contributed by atoms with Gasteiger partial charge in [-0.1, -0.05) is 41.9 Å². The Morgan fingerprint density at radius 3 is 2.17 bits per heavy atom. The van der Waals surface area contributed by atoms with Crippen LogP contribution in [0.1, 0.15) is 17.5 Å². The van der Waals surface area contributed by atoms with Gasteiger partial charge in [-0.15, -0.1) is 0 Å². The van der Waals surface area contributed by atoms with Gasteiger partial charge >= 0.3 is 0 Å². The van der Waals surface area contributed by atoms with Crippen molar-refractivity contribution in [3.05, 3.63) is 70.5 Å². The Morgan fingerprint density at radius 1 is 0.913 bits per heavy atom. The van der Waals surface area contributed by atoms with E-state index in [1.54, 1.807) is 42.5 Å². The minimum atomic E-state index is -0.457. The van der Waals surface area contributed by atoms with E-state index in [-0.39, 0.29) is 18.8 Å². The van der Waals surface area contributed by atoms with Crippen LogP contribution in [0.15, 0.2) is 48.5 Å². The number of rotatable bonds is 6. The van der Waals surface area contributed by atoms with Crippen LogP contribution in [0.2, 0.25) is 5.02 Å². The average Bonchev–Trinajstić information content (AvgIpc) is 2.53. The van der Waals surface area contributed by atoms with Gasteiger partial charge in [-0.2, -0.15) is 0 Å². The number of amides is 2. The van der Waals surface area contributed by atoms with Crippen LogP contribution in [0.25, 0.3) is 0 Å². The molecule has 0 heterocycles. The minimum absolute atomic E-state index is 0.0516. The van der Waals surface area contributed by atoms with Crippen LogP contribution >= 0.6 is 11.6 Å². The van der Waals surface area contributed by atoms with Gasteiger partial charge in [0.1, 0.15) is 12.2 Å². The number of nitrogens with one attached hydrogen (secondary N) is 2. The molecule has 0 bridgehead atoms. The fourth-order valence-electron chi connectivity index (χ4n) is 1.91. The second-order valence-corrected chi connectivity index (χ2v) is 5.38. The SMILES string of the molecule is O=C(CC(=O)NCc1ccccc1F)NCc1ccc(Cl)cc1. The summed E-state index contributed by atoms with van der Waals surface area (Å²) in [5.41, 5.74) is 1.26. The van der Waals surface area contributed by atoms with Gasteiger partial charge in [0.15, 0.2) is 0 Å². The predicted octanol–water partition coefficient (Wildman–Crippen LogP) is 2.80. The van der Waals surface area contributed by atoms with E-state index in [4.69, 9.17) is 11.6 Å². The lowest BCUT2D eigenvalue weighted by molar-refractivity contribution is -0.129. The quantitative estimate of drug-likeness (QED) is 0.798. The molecule has 2 rings (SSSR count). The summed E-state index contributed by atoms with van der Waals surface area (Å²) >= 11 is 5.77. The van der Waals surface area contributed by atoms with Crippen molar-refractivity contribution in [3.63, 3.8) is 0 Å². The molecule has 2 aromatic rings. The Hall–Kier alpha value is -2.40. The second-order valence-electron chi connectivity index (χ2n) is 4.95. The zero-order chi connectivity index (χ0) is 16.7. The lowest BCUT2D eigenvalue weighted by atomic mass is 10.2. The molecule has 0 saturated heterocycles. The summed E-state index contributed by atoms with van der Waals surface area (Å²) < 4.78 is 13.4. The van der Waals surface area contributed by atoms with Crippen LogP contribution in [0, 0.1) is 5.82 Å². The van der Waals surface area contributed by atoms with Gasteiger partial charge in [-0.25, -0.2) is 4.39 Å². The number of carbonyl (C=O) groups is 2. The molecule has 120 valence electrons. The van der Waals surface area contributed by atoms with E-state index in [9.17, 15) is 14.0 Å². The molecule has 23 heavy (non-hydrogen) atoms. The van der Waals surface area contributed by atoms with E-state index < -0.39 is 11.8 Å². The fourth-order valence-corrected chi connectivity index (χ4v) is 2.04. The first-order valence-corrected chi connectivity index (χ1v) is 7.43. The Morgan fingerprint density at radius 2 is 1.52 bits per heavy atom. The van der Waals surface area contributed by atoms with Crippen molar-refractivity contribution in [3.8, 4) is 0 Å². The van der Waals surface area contributed by atoms with Gasteiger partial charge in [0.2, 0.25) is 11.8 Å². The molecule has 2 amide bonds. The molecule has 0 aliphatic heterocycles. The molecule has 0 fully saturated rings. The first kappa shape index (κ1) is 17.0. The van der Waals surface area contributed by atoms with E-state index in [0.717, 1.165) is 5.56 Å². The van der Waals surface area contributed by atoms with Crippen LogP contribution < -0.4 is 10.6 Å². The lowest BCUT2D eigenvalue weighted by Crippen LogP contribution is -2.31. The molecular weight excluding hydrogens is 319 g/mol. The molecule has 2 N–H and O–H groups in total. The monoisotopic (exact) mass is 334 g/mol. The zero-order valence-corrected chi connectivity index (χ0v) is 13.1. The molecule has 6 heteroatoms. The summed E-state index contributed by atoms with van der Waals surface area (Å²) in [6, 6.07) is 13.2. The summed E-state index contributed by atoms with van der Waals surface area (Å²) in [5.74, 6) is -1.24. The summed E-state index contributed by atoms with van der Waals surface area (Å²) in [6.45, 7) is 0.368. The molecule has 0 aliphatic rings. The molecule has 4 nitrogen and oxygen atoms in total. The topological polar surface area (TPSA) is 58.2 Å². The van der Waals surface area contributed by atoms with Gasteiger partial charge in [0, 0.05) is 23.7 Å². The van der Waals surface area contributed by atoms with E-state index >= 15 is 0 Å².